The van der Waals surface area contributed by atoms with Gasteiger partial charge >= 0.3 is 0 Å². The van der Waals surface area contributed by atoms with Crippen molar-refractivity contribution in [1.82, 2.24) is 15.1 Å². The summed E-state index contributed by atoms with van der Waals surface area (Å²) in [7, 11) is 0. The molecule has 0 bridgehead atoms. The van der Waals surface area contributed by atoms with Crippen LogP contribution < -0.4 is 5.32 Å². The van der Waals surface area contributed by atoms with Gasteiger partial charge in [0.1, 0.15) is 0 Å². The molecular weight excluding hydrogens is 298 g/mol. The molecule has 1 aromatic heterocycles. The van der Waals surface area contributed by atoms with Gasteiger partial charge in [0.15, 0.2) is 0 Å². The van der Waals surface area contributed by atoms with E-state index in [1.807, 2.05) is 41.3 Å². The molecule has 1 N–H and O–H groups in total. The highest BCUT2D eigenvalue weighted by molar-refractivity contribution is 6.30. The van der Waals surface area contributed by atoms with Crippen molar-refractivity contribution >= 4 is 17.5 Å². The molecule has 0 radical (unpaired) electrons. The van der Waals surface area contributed by atoms with Crippen molar-refractivity contribution in [1.29, 1.82) is 0 Å². The first-order valence-corrected chi connectivity index (χ1v) is 7.97. The molecule has 1 heterocycles. The standard InChI is InChI=1S/C17H22ClN3O/c1-13(2)10-19-17(22)4-3-9-21-12-15(11-20-21)14-5-7-16(18)8-6-14/h5-8,11-13H,3-4,9-10H2,1-2H3,(H,19,22). The summed E-state index contributed by atoms with van der Waals surface area (Å²) < 4.78 is 1.87. The van der Waals surface area contributed by atoms with E-state index in [0.717, 1.165) is 35.7 Å². The Labute approximate surface area is 136 Å². The number of hydrogen-bond acceptors (Lipinski definition) is 2. The number of amides is 1. The van der Waals surface area contributed by atoms with Crippen molar-refractivity contribution in [2.75, 3.05) is 6.54 Å². The number of aryl methyl sites for hydroxylation is 1. The smallest absolute Gasteiger partial charge is 0.220 e. The highest BCUT2D eigenvalue weighted by atomic mass is 35.5. The zero-order chi connectivity index (χ0) is 15.9. The van der Waals surface area contributed by atoms with Gasteiger partial charge < -0.3 is 5.32 Å². The first kappa shape index (κ1) is 16.6. The largest absolute Gasteiger partial charge is 0.356 e. The molecule has 4 nitrogen and oxygen atoms in total. The van der Waals surface area contributed by atoms with Gasteiger partial charge in [-0.2, -0.15) is 5.10 Å². The van der Waals surface area contributed by atoms with E-state index < -0.39 is 0 Å². The van der Waals surface area contributed by atoms with Crippen LogP contribution in [0, 0.1) is 5.92 Å². The summed E-state index contributed by atoms with van der Waals surface area (Å²) in [6, 6.07) is 7.69. The third kappa shape index (κ3) is 5.19. The number of aromatic nitrogens is 2. The zero-order valence-electron chi connectivity index (χ0n) is 13.1. The quantitative estimate of drug-likeness (QED) is 0.844. The molecule has 0 spiro atoms. The monoisotopic (exact) mass is 319 g/mol. The SMILES string of the molecule is CC(C)CNC(=O)CCCn1cc(-c2ccc(Cl)cc2)cn1. The molecule has 0 atom stereocenters. The Morgan fingerprint density at radius 3 is 2.68 bits per heavy atom. The fourth-order valence-electron chi connectivity index (χ4n) is 2.09. The van der Waals surface area contributed by atoms with Crippen molar-refractivity contribution in [2.45, 2.75) is 33.2 Å². The highest BCUT2D eigenvalue weighted by Crippen LogP contribution is 2.20. The van der Waals surface area contributed by atoms with Gasteiger partial charge in [0.25, 0.3) is 0 Å². The lowest BCUT2D eigenvalue weighted by Gasteiger charge is -2.07. The van der Waals surface area contributed by atoms with E-state index in [-0.39, 0.29) is 5.91 Å². The van der Waals surface area contributed by atoms with Crippen molar-refractivity contribution in [3.05, 3.63) is 41.7 Å². The third-order valence-electron chi connectivity index (χ3n) is 3.31. The first-order valence-electron chi connectivity index (χ1n) is 7.59. The van der Waals surface area contributed by atoms with E-state index in [1.165, 1.54) is 0 Å². The van der Waals surface area contributed by atoms with Crippen LogP contribution in [0.25, 0.3) is 11.1 Å². The van der Waals surface area contributed by atoms with E-state index in [4.69, 9.17) is 11.6 Å². The summed E-state index contributed by atoms with van der Waals surface area (Å²) in [6.45, 7) is 5.65. The van der Waals surface area contributed by atoms with Crippen LogP contribution in [-0.2, 0) is 11.3 Å². The molecule has 0 saturated carbocycles. The first-order chi connectivity index (χ1) is 10.5. The van der Waals surface area contributed by atoms with E-state index in [9.17, 15) is 4.79 Å². The summed E-state index contributed by atoms with van der Waals surface area (Å²) in [5, 5.41) is 7.99. The van der Waals surface area contributed by atoms with Gasteiger partial charge in [-0.05, 0) is 30.0 Å². The maximum atomic E-state index is 11.6. The number of hydrogen-bond donors (Lipinski definition) is 1. The Morgan fingerprint density at radius 1 is 1.27 bits per heavy atom. The van der Waals surface area contributed by atoms with Gasteiger partial charge in [0.2, 0.25) is 5.91 Å². The van der Waals surface area contributed by atoms with E-state index in [0.29, 0.717) is 12.3 Å². The molecule has 0 aliphatic rings. The Bertz CT molecular complexity index is 605. The molecule has 22 heavy (non-hydrogen) atoms. The van der Waals surface area contributed by atoms with Crippen LogP contribution in [-0.4, -0.2) is 22.2 Å². The van der Waals surface area contributed by atoms with Gasteiger partial charge in [-0.15, -0.1) is 0 Å². The van der Waals surface area contributed by atoms with Crippen molar-refractivity contribution in [3.63, 3.8) is 0 Å². The summed E-state index contributed by atoms with van der Waals surface area (Å²) >= 11 is 5.89. The van der Waals surface area contributed by atoms with E-state index >= 15 is 0 Å². The van der Waals surface area contributed by atoms with Crippen molar-refractivity contribution in [2.24, 2.45) is 5.92 Å². The van der Waals surface area contributed by atoms with Gasteiger partial charge in [-0.1, -0.05) is 37.6 Å². The second kappa shape index (κ2) is 7.99. The van der Waals surface area contributed by atoms with Crippen LogP contribution in [0.2, 0.25) is 5.02 Å². The Kier molecular flexibility index (Phi) is 6.01. The van der Waals surface area contributed by atoms with Crippen molar-refractivity contribution < 1.29 is 4.79 Å². The molecular formula is C17H22ClN3O. The predicted octanol–water partition coefficient (Wildman–Crippen LogP) is 3.76. The van der Waals surface area contributed by atoms with Crippen LogP contribution in [0.3, 0.4) is 0 Å². The lowest BCUT2D eigenvalue weighted by atomic mass is 10.1. The second-order valence-electron chi connectivity index (χ2n) is 5.80. The normalized spacial score (nSPS) is 10.9. The molecule has 1 aromatic carbocycles. The van der Waals surface area contributed by atoms with Crippen LogP contribution in [0.1, 0.15) is 26.7 Å². The topological polar surface area (TPSA) is 46.9 Å². The summed E-state index contributed by atoms with van der Waals surface area (Å²) in [4.78, 5) is 11.6. The fourth-order valence-corrected chi connectivity index (χ4v) is 2.21. The molecule has 0 unspecified atom stereocenters. The van der Waals surface area contributed by atoms with Crippen LogP contribution in [0.5, 0.6) is 0 Å². The van der Waals surface area contributed by atoms with Crippen LogP contribution in [0.15, 0.2) is 36.7 Å². The maximum Gasteiger partial charge on any atom is 0.220 e. The summed E-state index contributed by atoms with van der Waals surface area (Å²) in [6.07, 6.45) is 5.14. The minimum absolute atomic E-state index is 0.110. The number of benzene rings is 1. The predicted molar refractivity (Wildman–Crippen MR) is 89.8 cm³/mol. The van der Waals surface area contributed by atoms with Crippen molar-refractivity contribution in [3.8, 4) is 11.1 Å². The second-order valence-corrected chi connectivity index (χ2v) is 6.24. The molecule has 0 saturated heterocycles. The minimum Gasteiger partial charge on any atom is -0.356 e. The molecule has 2 aromatic rings. The highest BCUT2D eigenvalue weighted by Gasteiger charge is 2.04. The van der Waals surface area contributed by atoms with Gasteiger partial charge in [-0.3, -0.25) is 9.48 Å². The number of carbonyl (C=O) groups is 1. The van der Waals surface area contributed by atoms with E-state index in [2.05, 4.69) is 24.3 Å². The van der Waals surface area contributed by atoms with Gasteiger partial charge in [-0.25, -0.2) is 0 Å². The lowest BCUT2D eigenvalue weighted by Crippen LogP contribution is -2.27. The van der Waals surface area contributed by atoms with Gasteiger partial charge in [0.05, 0.1) is 6.20 Å². The number of carbonyl (C=O) groups excluding carboxylic acids is 1. The average Bonchev–Trinajstić information content (AvgIpc) is 2.95. The number of nitrogens with one attached hydrogen (secondary N) is 1. The fraction of sp³-hybridized carbons (Fsp3) is 0.412. The number of nitrogens with zero attached hydrogens (tertiary/aromatic N) is 2. The zero-order valence-corrected chi connectivity index (χ0v) is 13.8. The summed E-state index contributed by atoms with van der Waals surface area (Å²) in [5.41, 5.74) is 2.14. The van der Waals surface area contributed by atoms with Gasteiger partial charge in [0, 0.05) is 36.3 Å². The van der Waals surface area contributed by atoms with Crippen LogP contribution >= 0.6 is 11.6 Å². The third-order valence-corrected chi connectivity index (χ3v) is 3.56. The molecule has 2 rings (SSSR count). The molecule has 1 amide bonds. The molecule has 0 aliphatic heterocycles. The Balaban J connectivity index is 1.80. The number of rotatable bonds is 7. The average molecular weight is 320 g/mol. The molecule has 118 valence electrons. The molecule has 5 heteroatoms. The molecule has 0 fully saturated rings. The Morgan fingerprint density at radius 2 is 2.00 bits per heavy atom. The maximum absolute atomic E-state index is 11.6. The molecule has 0 aliphatic carbocycles. The number of halogens is 1. The minimum atomic E-state index is 0.110. The lowest BCUT2D eigenvalue weighted by molar-refractivity contribution is -0.121. The van der Waals surface area contributed by atoms with E-state index in [1.54, 1.807) is 0 Å². The Hall–Kier alpha value is -1.81. The van der Waals surface area contributed by atoms with Crippen LogP contribution in [0.4, 0.5) is 0 Å². The summed E-state index contributed by atoms with van der Waals surface area (Å²) in [5.74, 6) is 0.593.